The highest BCUT2D eigenvalue weighted by Crippen LogP contribution is 2.20. The molecule has 0 amide bonds. The summed E-state index contributed by atoms with van der Waals surface area (Å²) in [5.41, 5.74) is 2.23. The maximum Gasteiger partial charge on any atom is 0.151 e. The summed E-state index contributed by atoms with van der Waals surface area (Å²) in [5, 5.41) is 3.43. The van der Waals surface area contributed by atoms with Gasteiger partial charge in [-0.3, -0.25) is 0 Å². The van der Waals surface area contributed by atoms with Crippen LogP contribution in [-0.4, -0.2) is 28.6 Å². The summed E-state index contributed by atoms with van der Waals surface area (Å²) in [5.74, 6) is 0.948. The molecule has 0 aromatic carbocycles. The van der Waals surface area contributed by atoms with Crippen molar-refractivity contribution >= 4 is 11.5 Å². The molecular formula is C14H21N5. The summed E-state index contributed by atoms with van der Waals surface area (Å²) in [7, 11) is 3.99. The Kier molecular flexibility index (Phi) is 4.39. The first kappa shape index (κ1) is 13.4. The van der Waals surface area contributed by atoms with Gasteiger partial charge in [0, 0.05) is 33.0 Å². The second kappa shape index (κ2) is 6.22. The molecule has 0 bridgehead atoms. The van der Waals surface area contributed by atoms with Crippen molar-refractivity contribution < 1.29 is 0 Å². The third kappa shape index (κ3) is 3.24. The van der Waals surface area contributed by atoms with E-state index in [-0.39, 0.29) is 0 Å². The molecule has 2 rings (SSSR count). The Balaban J connectivity index is 2.08. The molecule has 0 aliphatic rings. The van der Waals surface area contributed by atoms with E-state index in [2.05, 4.69) is 26.8 Å². The number of hydrogen-bond donors (Lipinski definition) is 1. The largest absolute Gasteiger partial charge is 0.376 e. The fourth-order valence-corrected chi connectivity index (χ4v) is 2.01. The number of anilines is 2. The van der Waals surface area contributed by atoms with Crippen molar-refractivity contribution in [3.05, 3.63) is 36.5 Å². The van der Waals surface area contributed by atoms with Gasteiger partial charge in [-0.15, -0.1) is 0 Å². The van der Waals surface area contributed by atoms with Crippen LogP contribution in [0, 0.1) is 0 Å². The van der Waals surface area contributed by atoms with Crippen molar-refractivity contribution in [3.8, 4) is 0 Å². The number of imidazole rings is 1. The van der Waals surface area contributed by atoms with Crippen molar-refractivity contribution in [1.29, 1.82) is 0 Å². The summed E-state index contributed by atoms with van der Waals surface area (Å²) in [6.07, 6.45) is 6.71. The Bertz CT molecular complexity index is 518. The monoisotopic (exact) mass is 259 g/mol. The Morgan fingerprint density at radius 2 is 2.21 bits per heavy atom. The van der Waals surface area contributed by atoms with Gasteiger partial charge in [0.05, 0.1) is 24.3 Å². The van der Waals surface area contributed by atoms with Crippen molar-refractivity contribution in [2.75, 3.05) is 24.3 Å². The summed E-state index contributed by atoms with van der Waals surface area (Å²) < 4.78 is 2.18. The average Bonchev–Trinajstić information content (AvgIpc) is 2.84. The maximum absolute atomic E-state index is 4.38. The van der Waals surface area contributed by atoms with Crippen LogP contribution in [0.3, 0.4) is 0 Å². The molecule has 0 spiro atoms. The number of aryl methyl sites for hydroxylation is 1. The van der Waals surface area contributed by atoms with Crippen LogP contribution in [-0.2, 0) is 13.1 Å². The summed E-state index contributed by atoms with van der Waals surface area (Å²) in [6.45, 7) is 3.93. The first-order valence-corrected chi connectivity index (χ1v) is 6.57. The summed E-state index contributed by atoms with van der Waals surface area (Å²) >= 11 is 0. The molecule has 102 valence electrons. The highest BCUT2D eigenvalue weighted by molar-refractivity contribution is 5.64. The molecule has 0 aliphatic heterocycles. The Labute approximate surface area is 114 Å². The lowest BCUT2D eigenvalue weighted by atomic mass is 10.3. The first-order valence-electron chi connectivity index (χ1n) is 6.57. The van der Waals surface area contributed by atoms with Crippen LogP contribution in [0.25, 0.3) is 0 Å². The number of pyridine rings is 1. The van der Waals surface area contributed by atoms with Crippen LogP contribution in [0.15, 0.2) is 30.9 Å². The Hall–Kier alpha value is -2.04. The Morgan fingerprint density at radius 3 is 2.95 bits per heavy atom. The number of nitrogens with zero attached hydrogens (tertiary/aromatic N) is 4. The summed E-state index contributed by atoms with van der Waals surface area (Å²) in [6, 6.07) is 3.99. The van der Waals surface area contributed by atoms with Gasteiger partial charge in [0.2, 0.25) is 0 Å². The van der Waals surface area contributed by atoms with E-state index in [9.17, 15) is 0 Å². The van der Waals surface area contributed by atoms with Gasteiger partial charge in [-0.05, 0) is 18.6 Å². The zero-order valence-electron chi connectivity index (χ0n) is 11.8. The highest BCUT2D eigenvalue weighted by Gasteiger charge is 2.06. The van der Waals surface area contributed by atoms with Gasteiger partial charge in [-0.1, -0.05) is 6.92 Å². The van der Waals surface area contributed by atoms with Crippen LogP contribution in [0.4, 0.5) is 11.5 Å². The van der Waals surface area contributed by atoms with Crippen LogP contribution in [0.1, 0.15) is 19.0 Å². The normalized spacial score (nSPS) is 10.5. The lowest BCUT2D eigenvalue weighted by Crippen LogP contribution is -2.14. The zero-order valence-corrected chi connectivity index (χ0v) is 11.8. The second-order valence-electron chi connectivity index (χ2n) is 4.70. The topological polar surface area (TPSA) is 46.0 Å². The van der Waals surface area contributed by atoms with E-state index in [1.54, 1.807) is 0 Å². The molecule has 1 N–H and O–H groups in total. The molecule has 2 aromatic rings. The predicted molar refractivity (Wildman–Crippen MR) is 78.4 cm³/mol. The summed E-state index contributed by atoms with van der Waals surface area (Å²) in [4.78, 5) is 10.6. The minimum Gasteiger partial charge on any atom is -0.376 e. The van der Waals surface area contributed by atoms with E-state index in [0.29, 0.717) is 0 Å². The van der Waals surface area contributed by atoms with Crippen LogP contribution >= 0.6 is 0 Å². The molecule has 0 saturated carbocycles. The Morgan fingerprint density at radius 1 is 1.37 bits per heavy atom. The molecule has 5 nitrogen and oxygen atoms in total. The fraction of sp³-hybridized carbons (Fsp3) is 0.429. The maximum atomic E-state index is 4.38. The van der Waals surface area contributed by atoms with Crippen molar-refractivity contribution in [1.82, 2.24) is 14.5 Å². The number of rotatable bonds is 6. The molecule has 0 saturated heterocycles. The lowest BCUT2D eigenvalue weighted by molar-refractivity contribution is 0.651. The molecule has 2 aromatic heterocycles. The standard InChI is InChI=1S/C14H21N5/c1-4-8-19-11-15-9-12(19)10-17-13-6-5-7-16-14(13)18(2)3/h5-7,9,11,17H,4,8,10H2,1-3H3. The predicted octanol–water partition coefficient (Wildman–Crippen LogP) is 2.37. The SMILES string of the molecule is CCCn1cncc1CNc1cccnc1N(C)C. The fourth-order valence-electron chi connectivity index (χ4n) is 2.01. The zero-order chi connectivity index (χ0) is 13.7. The van der Waals surface area contributed by atoms with E-state index in [4.69, 9.17) is 0 Å². The van der Waals surface area contributed by atoms with Crippen LogP contribution in [0.2, 0.25) is 0 Å². The van der Waals surface area contributed by atoms with E-state index >= 15 is 0 Å². The smallest absolute Gasteiger partial charge is 0.151 e. The number of aromatic nitrogens is 3. The number of nitrogens with one attached hydrogen (secondary N) is 1. The van der Waals surface area contributed by atoms with Crippen molar-refractivity contribution in [2.45, 2.75) is 26.4 Å². The minimum atomic E-state index is 0.756. The minimum absolute atomic E-state index is 0.756. The van der Waals surface area contributed by atoms with Gasteiger partial charge in [-0.2, -0.15) is 0 Å². The van der Waals surface area contributed by atoms with Crippen molar-refractivity contribution in [3.63, 3.8) is 0 Å². The third-order valence-corrected chi connectivity index (χ3v) is 2.93. The van der Waals surface area contributed by atoms with Gasteiger partial charge in [0.15, 0.2) is 5.82 Å². The van der Waals surface area contributed by atoms with Gasteiger partial charge >= 0.3 is 0 Å². The van der Waals surface area contributed by atoms with Gasteiger partial charge in [-0.25, -0.2) is 9.97 Å². The molecule has 19 heavy (non-hydrogen) atoms. The molecule has 0 atom stereocenters. The van der Waals surface area contributed by atoms with Gasteiger partial charge in [0.1, 0.15) is 0 Å². The van der Waals surface area contributed by atoms with E-state index in [0.717, 1.165) is 31.0 Å². The third-order valence-electron chi connectivity index (χ3n) is 2.93. The lowest BCUT2D eigenvalue weighted by Gasteiger charge is -2.17. The quantitative estimate of drug-likeness (QED) is 0.865. The van der Waals surface area contributed by atoms with E-state index in [1.165, 1.54) is 5.69 Å². The molecular weight excluding hydrogens is 238 g/mol. The van der Waals surface area contributed by atoms with Crippen molar-refractivity contribution in [2.24, 2.45) is 0 Å². The average molecular weight is 259 g/mol. The molecule has 5 heteroatoms. The van der Waals surface area contributed by atoms with E-state index in [1.807, 2.05) is 49.8 Å². The van der Waals surface area contributed by atoms with Crippen LogP contribution < -0.4 is 10.2 Å². The number of hydrogen-bond acceptors (Lipinski definition) is 4. The molecule has 0 radical (unpaired) electrons. The first-order chi connectivity index (χ1) is 9.22. The molecule has 0 aliphatic carbocycles. The highest BCUT2D eigenvalue weighted by atomic mass is 15.2. The second-order valence-corrected chi connectivity index (χ2v) is 4.70. The van der Waals surface area contributed by atoms with E-state index < -0.39 is 0 Å². The molecule has 0 unspecified atom stereocenters. The van der Waals surface area contributed by atoms with Gasteiger partial charge < -0.3 is 14.8 Å². The van der Waals surface area contributed by atoms with Gasteiger partial charge in [0.25, 0.3) is 0 Å². The molecule has 2 heterocycles. The van der Waals surface area contributed by atoms with Crippen LogP contribution in [0.5, 0.6) is 0 Å². The molecule has 0 fully saturated rings.